The molecule has 3 heteroatoms. The van der Waals surface area contributed by atoms with Crippen molar-refractivity contribution in [2.45, 2.75) is 0 Å². The molecule has 0 aliphatic heterocycles. The Morgan fingerprint density at radius 3 is 2.18 bits per heavy atom. The van der Waals surface area contributed by atoms with Crippen LogP contribution in [0.25, 0.3) is 11.1 Å². The van der Waals surface area contributed by atoms with E-state index in [9.17, 15) is 0 Å². The summed E-state index contributed by atoms with van der Waals surface area (Å²) in [5.74, 6) is 1.63. The molecule has 2 nitrogen and oxygen atoms in total. The van der Waals surface area contributed by atoms with Crippen LogP contribution < -0.4 is 9.47 Å². The average molecular weight is 340 g/mol. The van der Waals surface area contributed by atoms with Gasteiger partial charge in [-0.2, -0.15) is 0 Å². The molecule has 0 spiro atoms. The van der Waals surface area contributed by atoms with Gasteiger partial charge in [0.2, 0.25) is 0 Å². The molecule has 17 heavy (non-hydrogen) atoms. The number of ether oxygens (including phenoxy) is 2. The molecule has 0 heterocycles. The Morgan fingerprint density at radius 1 is 0.882 bits per heavy atom. The quantitative estimate of drug-likeness (QED) is 0.787. The summed E-state index contributed by atoms with van der Waals surface area (Å²) >= 11 is 2.29. The molecule has 0 radical (unpaired) electrons. The van der Waals surface area contributed by atoms with Gasteiger partial charge in [-0.25, -0.2) is 0 Å². The maximum atomic E-state index is 5.39. The second-order valence-corrected chi connectivity index (χ2v) is 4.82. The van der Waals surface area contributed by atoms with Crippen molar-refractivity contribution in [3.63, 3.8) is 0 Å². The van der Waals surface area contributed by atoms with Crippen LogP contribution in [0.2, 0.25) is 0 Å². The molecular weight excluding hydrogens is 327 g/mol. The summed E-state index contributed by atoms with van der Waals surface area (Å²) in [6.45, 7) is 0. The van der Waals surface area contributed by atoms with E-state index in [-0.39, 0.29) is 0 Å². The summed E-state index contributed by atoms with van der Waals surface area (Å²) in [5, 5.41) is 0. The van der Waals surface area contributed by atoms with Crippen molar-refractivity contribution in [1.82, 2.24) is 0 Å². The van der Waals surface area contributed by atoms with Crippen LogP contribution in [0.15, 0.2) is 42.5 Å². The molecule has 88 valence electrons. The minimum absolute atomic E-state index is 0.802. The zero-order valence-corrected chi connectivity index (χ0v) is 11.9. The van der Waals surface area contributed by atoms with Gasteiger partial charge in [0.05, 0.1) is 14.2 Å². The van der Waals surface area contributed by atoms with Crippen molar-refractivity contribution in [2.75, 3.05) is 14.2 Å². The molecule has 0 aliphatic rings. The van der Waals surface area contributed by atoms with Crippen LogP contribution >= 0.6 is 22.6 Å². The molecule has 0 saturated carbocycles. The zero-order valence-electron chi connectivity index (χ0n) is 9.74. The lowest BCUT2D eigenvalue weighted by molar-refractivity contribution is 0.395. The van der Waals surface area contributed by atoms with Crippen LogP contribution in [-0.2, 0) is 0 Å². The lowest BCUT2D eigenvalue weighted by atomic mass is 10.0. The Hall–Kier alpha value is -1.23. The third-order valence-corrected chi connectivity index (χ3v) is 3.28. The molecule has 0 N–H and O–H groups in total. The van der Waals surface area contributed by atoms with E-state index >= 15 is 0 Å². The van der Waals surface area contributed by atoms with Gasteiger partial charge in [0.25, 0.3) is 0 Å². The summed E-state index contributed by atoms with van der Waals surface area (Å²) in [4.78, 5) is 0. The first-order chi connectivity index (χ1) is 8.24. The molecule has 0 atom stereocenters. The van der Waals surface area contributed by atoms with Crippen molar-refractivity contribution >= 4 is 22.6 Å². The second-order valence-electron chi connectivity index (χ2n) is 3.57. The predicted molar refractivity (Wildman–Crippen MR) is 77.7 cm³/mol. The minimum atomic E-state index is 0.802. The summed E-state index contributed by atoms with van der Waals surface area (Å²) in [6, 6.07) is 14.2. The SMILES string of the molecule is COc1ccc(-c2ccc(I)cc2)c(OC)c1. The maximum absolute atomic E-state index is 5.39. The van der Waals surface area contributed by atoms with Gasteiger partial charge in [0.15, 0.2) is 0 Å². The molecule has 0 fully saturated rings. The van der Waals surface area contributed by atoms with Gasteiger partial charge in [-0.3, -0.25) is 0 Å². The van der Waals surface area contributed by atoms with Crippen molar-refractivity contribution in [2.24, 2.45) is 0 Å². The predicted octanol–water partition coefficient (Wildman–Crippen LogP) is 3.98. The van der Waals surface area contributed by atoms with Gasteiger partial charge in [-0.15, -0.1) is 0 Å². The monoisotopic (exact) mass is 340 g/mol. The van der Waals surface area contributed by atoms with Crippen LogP contribution in [0.4, 0.5) is 0 Å². The Kier molecular flexibility index (Phi) is 3.89. The van der Waals surface area contributed by atoms with Crippen LogP contribution in [0.3, 0.4) is 0 Å². The van der Waals surface area contributed by atoms with E-state index < -0.39 is 0 Å². The van der Waals surface area contributed by atoms with Crippen molar-refractivity contribution in [3.8, 4) is 22.6 Å². The van der Waals surface area contributed by atoms with E-state index in [0.717, 1.165) is 22.6 Å². The van der Waals surface area contributed by atoms with Crippen LogP contribution in [0, 0.1) is 3.57 Å². The Balaban J connectivity index is 2.47. The molecule has 0 bridgehead atoms. The normalized spacial score (nSPS) is 10.1. The number of methoxy groups -OCH3 is 2. The van der Waals surface area contributed by atoms with Crippen LogP contribution in [-0.4, -0.2) is 14.2 Å². The van der Waals surface area contributed by atoms with Crippen molar-refractivity contribution in [3.05, 3.63) is 46.0 Å². The molecule has 0 saturated heterocycles. The number of rotatable bonds is 3. The van der Waals surface area contributed by atoms with E-state index in [1.165, 1.54) is 3.57 Å². The standard InChI is InChI=1S/C14H13IO2/c1-16-12-7-8-13(14(9-12)17-2)10-3-5-11(15)6-4-10/h3-9H,1-2H3. The molecular formula is C14H13IO2. The van der Waals surface area contributed by atoms with Gasteiger partial charge >= 0.3 is 0 Å². The van der Waals surface area contributed by atoms with Gasteiger partial charge in [0, 0.05) is 15.2 Å². The Morgan fingerprint density at radius 2 is 1.59 bits per heavy atom. The molecule has 2 aromatic carbocycles. The molecule has 0 unspecified atom stereocenters. The second kappa shape index (κ2) is 5.40. The molecule has 0 aliphatic carbocycles. The van der Waals surface area contributed by atoms with E-state index in [2.05, 4.69) is 46.9 Å². The largest absolute Gasteiger partial charge is 0.497 e. The lowest BCUT2D eigenvalue weighted by Crippen LogP contribution is -1.90. The van der Waals surface area contributed by atoms with E-state index in [4.69, 9.17) is 9.47 Å². The molecule has 2 rings (SSSR count). The molecule has 0 amide bonds. The van der Waals surface area contributed by atoms with Gasteiger partial charge < -0.3 is 9.47 Å². The Bertz CT molecular complexity index is 506. The van der Waals surface area contributed by atoms with E-state index in [1.54, 1.807) is 14.2 Å². The third-order valence-electron chi connectivity index (χ3n) is 2.56. The summed E-state index contributed by atoms with van der Waals surface area (Å²) < 4.78 is 11.8. The molecule has 2 aromatic rings. The third kappa shape index (κ3) is 2.72. The van der Waals surface area contributed by atoms with E-state index in [0.29, 0.717) is 0 Å². The topological polar surface area (TPSA) is 18.5 Å². The first kappa shape index (κ1) is 12.2. The fourth-order valence-corrected chi connectivity index (χ4v) is 2.03. The first-order valence-corrected chi connectivity index (χ1v) is 6.30. The summed E-state index contributed by atoms with van der Waals surface area (Å²) in [7, 11) is 3.32. The van der Waals surface area contributed by atoms with Gasteiger partial charge in [0.1, 0.15) is 11.5 Å². The number of benzene rings is 2. The number of hydrogen-bond acceptors (Lipinski definition) is 2. The fraction of sp³-hybridized carbons (Fsp3) is 0.143. The first-order valence-electron chi connectivity index (χ1n) is 5.22. The van der Waals surface area contributed by atoms with Crippen molar-refractivity contribution < 1.29 is 9.47 Å². The highest BCUT2D eigenvalue weighted by Crippen LogP contribution is 2.33. The summed E-state index contributed by atoms with van der Waals surface area (Å²) in [5.41, 5.74) is 2.22. The average Bonchev–Trinajstić information content (AvgIpc) is 2.39. The van der Waals surface area contributed by atoms with E-state index in [1.807, 2.05) is 18.2 Å². The summed E-state index contributed by atoms with van der Waals surface area (Å²) in [6.07, 6.45) is 0. The van der Waals surface area contributed by atoms with Crippen LogP contribution in [0.5, 0.6) is 11.5 Å². The highest BCUT2D eigenvalue weighted by molar-refractivity contribution is 14.1. The lowest BCUT2D eigenvalue weighted by Gasteiger charge is -2.10. The smallest absolute Gasteiger partial charge is 0.130 e. The van der Waals surface area contributed by atoms with Crippen molar-refractivity contribution in [1.29, 1.82) is 0 Å². The highest BCUT2D eigenvalue weighted by Gasteiger charge is 2.06. The number of halogens is 1. The molecule has 0 aromatic heterocycles. The number of hydrogen-bond donors (Lipinski definition) is 0. The zero-order chi connectivity index (χ0) is 12.3. The van der Waals surface area contributed by atoms with Crippen LogP contribution in [0.1, 0.15) is 0 Å². The highest BCUT2D eigenvalue weighted by atomic mass is 127. The Labute approximate surface area is 115 Å². The minimum Gasteiger partial charge on any atom is -0.497 e. The maximum Gasteiger partial charge on any atom is 0.130 e. The van der Waals surface area contributed by atoms with Gasteiger partial charge in [-0.05, 0) is 52.4 Å². The fourth-order valence-electron chi connectivity index (χ4n) is 1.67. The van der Waals surface area contributed by atoms with Gasteiger partial charge in [-0.1, -0.05) is 12.1 Å².